The Labute approximate surface area is 482 Å². The maximum atomic E-state index is 15.0. The van der Waals surface area contributed by atoms with E-state index in [-0.39, 0.29) is 5.56 Å². The maximum Gasteiger partial charge on any atom is 0.417 e. The lowest BCUT2D eigenvalue weighted by molar-refractivity contribution is -0.138. The van der Waals surface area contributed by atoms with E-state index >= 15 is 13.2 Å². The summed E-state index contributed by atoms with van der Waals surface area (Å²) in [4.78, 5) is 15.3. The van der Waals surface area contributed by atoms with E-state index in [4.69, 9.17) is 15.0 Å². The average molecular weight is 1130 g/mol. The molecule has 0 saturated carbocycles. The fraction of sp³-hybridized carbons (Fsp3) is 0.0548. The second-order valence-electron chi connectivity index (χ2n) is 21.1. The maximum absolute atomic E-state index is 15.0. The van der Waals surface area contributed by atoms with Gasteiger partial charge in [0.15, 0.2) is 25.5 Å². The van der Waals surface area contributed by atoms with Crippen molar-refractivity contribution in [3.63, 3.8) is 0 Å². The Balaban J connectivity index is 1.11. The lowest BCUT2D eigenvalue weighted by Crippen LogP contribution is -2.74. The zero-order chi connectivity index (χ0) is 57.7. The Morgan fingerprint density at radius 3 is 1.26 bits per heavy atom. The molecule has 13 rings (SSSR count). The summed E-state index contributed by atoms with van der Waals surface area (Å²) in [5.41, 5.74) is 7.07. The molecule has 0 saturated heterocycles. The molecule has 2 aromatic heterocycles. The van der Waals surface area contributed by atoms with Crippen LogP contribution in [-0.4, -0.2) is 27.6 Å². The fourth-order valence-electron chi connectivity index (χ4n) is 11.9. The van der Waals surface area contributed by atoms with Crippen LogP contribution in [-0.2, 0) is 12.4 Å². The van der Waals surface area contributed by atoms with Gasteiger partial charge in [0.1, 0.15) is 0 Å². The second-order valence-corrected chi connectivity index (χ2v) is 24.9. The largest absolute Gasteiger partial charge is 0.417 e. The highest BCUT2D eigenvalue weighted by Crippen LogP contribution is 2.44. The van der Waals surface area contributed by atoms with Crippen LogP contribution < -0.4 is 20.7 Å². The van der Waals surface area contributed by atoms with Gasteiger partial charge in [0, 0.05) is 33.0 Å². The summed E-state index contributed by atoms with van der Waals surface area (Å²) in [6, 6.07) is 85.6. The number of halogens is 6. The number of hydrogen-bond donors (Lipinski definition) is 0. The van der Waals surface area contributed by atoms with E-state index < -0.39 is 31.6 Å². The topological polar surface area (TPSA) is 43.6 Å². The molecule has 0 atom stereocenters. The molecule has 2 heterocycles. The van der Waals surface area contributed by atoms with Gasteiger partial charge in [-0.15, -0.1) is 0 Å². The molecule has 0 fully saturated rings. The van der Waals surface area contributed by atoms with E-state index in [1.165, 1.54) is 33.8 Å². The van der Waals surface area contributed by atoms with Crippen LogP contribution in [0.4, 0.5) is 26.3 Å². The van der Waals surface area contributed by atoms with Crippen molar-refractivity contribution in [2.45, 2.75) is 26.2 Å². The first kappa shape index (κ1) is 53.3. The molecule has 11 aromatic carbocycles. The smallest absolute Gasteiger partial charge is 0.309 e. The van der Waals surface area contributed by atoms with Crippen molar-refractivity contribution < 1.29 is 26.3 Å². The third-order valence-electron chi connectivity index (χ3n) is 15.8. The first-order valence-electron chi connectivity index (χ1n) is 27.5. The molecule has 0 amide bonds. The molecule has 0 N–H and O–H groups in total. The minimum Gasteiger partial charge on any atom is -0.309 e. The van der Waals surface area contributed by atoms with Gasteiger partial charge in [0.05, 0.1) is 27.8 Å². The van der Waals surface area contributed by atoms with Crippen molar-refractivity contribution in [3.8, 4) is 73.2 Å². The van der Waals surface area contributed by atoms with Gasteiger partial charge in [-0.3, -0.25) is 0 Å². The van der Waals surface area contributed by atoms with Crippen molar-refractivity contribution in [1.82, 2.24) is 19.5 Å². The number of aryl methyl sites for hydroxylation is 2. The minimum absolute atomic E-state index is 0.0197. The molecule has 0 unspecified atom stereocenters. The van der Waals surface area contributed by atoms with Gasteiger partial charge < -0.3 is 4.57 Å². The lowest BCUT2D eigenvalue weighted by Gasteiger charge is -2.34. The monoisotopic (exact) mass is 1120 g/mol. The normalized spacial score (nSPS) is 12.0. The summed E-state index contributed by atoms with van der Waals surface area (Å²) in [7, 11) is -3.07. The van der Waals surface area contributed by atoms with Crippen molar-refractivity contribution in [2.75, 3.05) is 0 Å². The quantitative estimate of drug-likeness (QED) is 0.0736. The molecule has 0 aliphatic carbocycles. The van der Waals surface area contributed by atoms with Crippen LogP contribution in [0.2, 0.25) is 0 Å². The van der Waals surface area contributed by atoms with Crippen LogP contribution in [0.15, 0.2) is 267 Å². The number of aromatic nitrogens is 4. The fourth-order valence-corrected chi connectivity index (χ4v) is 16.7. The molecule has 0 radical (unpaired) electrons. The van der Waals surface area contributed by atoms with Gasteiger partial charge in [0.25, 0.3) is 0 Å². The number of rotatable bonds is 11. The number of fused-ring (bicyclic) bond motifs is 3. The summed E-state index contributed by atoms with van der Waals surface area (Å²) in [6.07, 6.45) is -9.20. The molecule has 84 heavy (non-hydrogen) atoms. The van der Waals surface area contributed by atoms with Gasteiger partial charge in [-0.25, -0.2) is 15.0 Å². The highest BCUT2D eigenvalue weighted by Gasteiger charge is 2.42. The number of hydrogen-bond acceptors (Lipinski definition) is 3. The standard InChI is InChI=1S/C73H50F6N4Si/c1-47-31-36-61(65(41-47)73(77,78)79)53-34-40-67-64(45-53)63-44-52(60-38-35-55(42-48(60)2)72(74,75)76)33-39-66(63)83(67)68-46-54(71-81-69(49-19-8-3-9-20-49)80-70(82-71)50-21-10-4-11-22-50)32-37-62(68)51-23-18-30-59(43-51)84(56-24-12-5-13-25-56,57-26-14-6-15-27-57)58-28-16-7-17-29-58/h3-46H,1-2H3. The SMILES string of the molecule is Cc1ccc(-c2ccc3c(c2)c2cc(-c4ccc(C(F)(F)F)cc4C)ccc2n3-c2cc(-c3nc(-c4ccccc4)nc(-c4ccccc4)n3)ccc2-c2cccc([Si](c3ccccc3)(c3ccccc3)c3ccccc3)c2)c(C(F)(F)F)c1. The predicted octanol–water partition coefficient (Wildman–Crippen LogP) is 17.0. The van der Waals surface area contributed by atoms with E-state index in [1.54, 1.807) is 32.0 Å². The zero-order valence-corrected chi connectivity index (χ0v) is 46.5. The van der Waals surface area contributed by atoms with Gasteiger partial charge in [-0.2, -0.15) is 26.3 Å². The van der Waals surface area contributed by atoms with Gasteiger partial charge in [-0.1, -0.05) is 224 Å². The number of nitrogens with zero attached hydrogens (tertiary/aromatic N) is 4. The Morgan fingerprint density at radius 1 is 0.333 bits per heavy atom. The number of benzene rings is 11. The van der Waals surface area contributed by atoms with Crippen LogP contribution in [0.3, 0.4) is 0 Å². The molecule has 4 nitrogen and oxygen atoms in total. The molecule has 0 spiro atoms. The Hall–Kier alpha value is -9.97. The summed E-state index contributed by atoms with van der Waals surface area (Å²) in [5, 5.41) is 6.05. The molecule has 11 heteroatoms. The summed E-state index contributed by atoms with van der Waals surface area (Å²) >= 11 is 0. The average Bonchev–Trinajstić information content (AvgIpc) is 1.57. The second kappa shape index (κ2) is 21.4. The van der Waals surface area contributed by atoms with E-state index in [0.717, 1.165) is 45.3 Å². The molecule has 0 bridgehead atoms. The molecular formula is C73H50F6N4Si. The first-order valence-corrected chi connectivity index (χ1v) is 29.5. The molecule has 13 aromatic rings. The summed E-state index contributed by atoms with van der Waals surface area (Å²) in [5.74, 6) is 1.37. The van der Waals surface area contributed by atoms with Crippen LogP contribution >= 0.6 is 0 Å². The van der Waals surface area contributed by atoms with Crippen LogP contribution in [0, 0.1) is 13.8 Å². The third-order valence-corrected chi connectivity index (χ3v) is 20.6. The van der Waals surface area contributed by atoms with Crippen LogP contribution in [0.1, 0.15) is 22.3 Å². The number of alkyl halides is 6. The lowest BCUT2D eigenvalue weighted by atomic mass is 9.95. The van der Waals surface area contributed by atoms with Gasteiger partial charge >= 0.3 is 12.4 Å². The van der Waals surface area contributed by atoms with Crippen molar-refractivity contribution >= 4 is 50.6 Å². The van der Waals surface area contributed by atoms with E-state index in [1.807, 2.05) is 109 Å². The summed E-state index contributed by atoms with van der Waals surface area (Å²) < 4.78 is 89.4. The van der Waals surface area contributed by atoms with E-state index in [0.29, 0.717) is 72.7 Å². The minimum atomic E-state index is -4.65. The van der Waals surface area contributed by atoms with Crippen molar-refractivity contribution in [2.24, 2.45) is 0 Å². The zero-order valence-electron chi connectivity index (χ0n) is 45.5. The third kappa shape index (κ3) is 9.75. The molecular weight excluding hydrogens is 1070 g/mol. The van der Waals surface area contributed by atoms with Crippen LogP contribution in [0.5, 0.6) is 0 Å². The van der Waals surface area contributed by atoms with Crippen molar-refractivity contribution in [1.29, 1.82) is 0 Å². The Morgan fingerprint density at radius 2 is 0.762 bits per heavy atom. The van der Waals surface area contributed by atoms with E-state index in [9.17, 15) is 13.2 Å². The van der Waals surface area contributed by atoms with Gasteiger partial charge in [-0.05, 0) is 117 Å². The Kier molecular flexibility index (Phi) is 13.6. The van der Waals surface area contributed by atoms with Crippen LogP contribution in [0.25, 0.3) is 95.0 Å². The molecule has 0 aliphatic rings. The molecule has 0 aliphatic heterocycles. The molecule has 408 valence electrons. The Bertz CT molecular complexity index is 4430. The van der Waals surface area contributed by atoms with Gasteiger partial charge in [0.2, 0.25) is 0 Å². The first-order chi connectivity index (χ1) is 40.7. The highest BCUT2D eigenvalue weighted by atomic mass is 28.3. The van der Waals surface area contributed by atoms with Crippen molar-refractivity contribution in [3.05, 3.63) is 289 Å². The predicted molar refractivity (Wildman–Crippen MR) is 330 cm³/mol. The summed E-state index contributed by atoms with van der Waals surface area (Å²) in [6.45, 7) is 3.29. The van der Waals surface area contributed by atoms with E-state index in [2.05, 4.69) is 114 Å². The highest BCUT2D eigenvalue weighted by molar-refractivity contribution is 7.19.